The summed E-state index contributed by atoms with van der Waals surface area (Å²) in [7, 11) is 0. The number of benzene rings is 1. The molecule has 0 fully saturated rings. The van der Waals surface area contributed by atoms with E-state index in [1.54, 1.807) is 0 Å². The first-order valence-corrected chi connectivity index (χ1v) is 4.63. The summed E-state index contributed by atoms with van der Waals surface area (Å²) in [5.41, 5.74) is 0.935. The van der Waals surface area contributed by atoms with Crippen molar-refractivity contribution in [3.63, 3.8) is 0 Å². The molecule has 0 spiro atoms. The first kappa shape index (κ1) is 9.46. The van der Waals surface area contributed by atoms with E-state index in [0.29, 0.717) is 0 Å². The Morgan fingerprint density at radius 3 is 2.42 bits per heavy atom. The maximum Gasteiger partial charge on any atom is 0.134 e. The summed E-state index contributed by atoms with van der Waals surface area (Å²) < 4.78 is 13.0. The zero-order valence-corrected chi connectivity index (χ0v) is 8.17. The summed E-state index contributed by atoms with van der Waals surface area (Å²) in [5, 5.41) is 0. The van der Waals surface area contributed by atoms with Gasteiger partial charge in [0.05, 0.1) is 4.83 Å². The molecule has 0 radical (unpaired) electrons. The Balaban J connectivity index is 2.78. The average molecular weight is 229 g/mol. The van der Waals surface area contributed by atoms with Crippen LogP contribution in [0.3, 0.4) is 0 Å². The van der Waals surface area contributed by atoms with E-state index in [2.05, 4.69) is 22.5 Å². The minimum absolute atomic E-state index is 0.281. The molecule has 0 N–H and O–H groups in total. The van der Waals surface area contributed by atoms with E-state index in [1.165, 1.54) is 6.08 Å². The maximum atomic E-state index is 13.0. The van der Waals surface area contributed by atoms with Gasteiger partial charge in [-0.15, -0.1) is 6.58 Å². The molecule has 0 aliphatic rings. The van der Waals surface area contributed by atoms with Gasteiger partial charge in [0.2, 0.25) is 0 Å². The second-order valence-corrected chi connectivity index (χ2v) is 3.48. The van der Waals surface area contributed by atoms with Gasteiger partial charge in [-0.3, -0.25) is 0 Å². The first-order chi connectivity index (χ1) is 5.75. The number of allylic oxidation sites excluding steroid dienone is 1. The summed E-state index contributed by atoms with van der Waals surface area (Å²) in [6.45, 7) is 3.40. The van der Waals surface area contributed by atoms with Crippen LogP contribution in [0.15, 0.2) is 43.0 Å². The number of hydrogen-bond acceptors (Lipinski definition) is 0. The van der Waals surface area contributed by atoms with Crippen molar-refractivity contribution in [1.82, 2.24) is 0 Å². The summed E-state index contributed by atoms with van der Waals surface area (Å²) in [4.78, 5) is -0.281. The van der Waals surface area contributed by atoms with Crippen molar-refractivity contribution in [3.8, 4) is 0 Å². The van der Waals surface area contributed by atoms with Crippen LogP contribution in [-0.2, 0) is 0 Å². The topological polar surface area (TPSA) is 0 Å². The molecule has 0 bridgehead atoms. The van der Waals surface area contributed by atoms with Gasteiger partial charge in [0, 0.05) is 0 Å². The van der Waals surface area contributed by atoms with Crippen molar-refractivity contribution in [2.75, 3.05) is 0 Å². The smallest absolute Gasteiger partial charge is 0.134 e. The van der Waals surface area contributed by atoms with Crippen LogP contribution in [0.4, 0.5) is 4.39 Å². The number of halogens is 2. The van der Waals surface area contributed by atoms with Gasteiger partial charge < -0.3 is 0 Å². The number of rotatable bonds is 3. The Hall–Kier alpha value is -0.630. The molecule has 2 atom stereocenters. The molecule has 12 heavy (non-hydrogen) atoms. The van der Waals surface area contributed by atoms with Gasteiger partial charge in [0.1, 0.15) is 6.17 Å². The Morgan fingerprint density at radius 2 is 1.92 bits per heavy atom. The molecule has 2 heteroatoms. The molecule has 0 saturated carbocycles. The predicted octanol–water partition coefficient (Wildman–Crippen LogP) is 3.65. The van der Waals surface area contributed by atoms with Crippen LogP contribution in [0.25, 0.3) is 0 Å². The van der Waals surface area contributed by atoms with E-state index in [0.717, 1.165) is 5.56 Å². The van der Waals surface area contributed by atoms with Crippen molar-refractivity contribution in [3.05, 3.63) is 48.6 Å². The molecule has 0 aliphatic carbocycles. The second kappa shape index (κ2) is 4.41. The van der Waals surface area contributed by atoms with Crippen molar-refractivity contribution in [2.24, 2.45) is 0 Å². The third-order valence-electron chi connectivity index (χ3n) is 1.62. The van der Waals surface area contributed by atoms with Crippen molar-refractivity contribution >= 4 is 15.9 Å². The Bertz CT molecular complexity index is 245. The zero-order chi connectivity index (χ0) is 8.97. The van der Waals surface area contributed by atoms with E-state index in [9.17, 15) is 4.39 Å². The van der Waals surface area contributed by atoms with Crippen LogP contribution >= 0.6 is 15.9 Å². The second-order valence-electron chi connectivity index (χ2n) is 2.49. The summed E-state index contributed by atoms with van der Waals surface area (Å²) in [6.07, 6.45) is 0.263. The fourth-order valence-corrected chi connectivity index (χ4v) is 1.46. The quantitative estimate of drug-likeness (QED) is 0.548. The lowest BCUT2D eigenvalue weighted by molar-refractivity contribution is 0.397. The summed E-state index contributed by atoms with van der Waals surface area (Å²) in [5.74, 6) is 0. The van der Waals surface area contributed by atoms with Crippen LogP contribution in [0.1, 0.15) is 10.4 Å². The SMILES string of the molecule is C=CC(F)C(Br)c1ccccc1. The van der Waals surface area contributed by atoms with E-state index in [1.807, 2.05) is 30.3 Å². The minimum atomic E-state index is -1.03. The van der Waals surface area contributed by atoms with Gasteiger partial charge in [-0.1, -0.05) is 52.3 Å². The Kier molecular flexibility index (Phi) is 3.48. The molecule has 2 unspecified atom stereocenters. The third kappa shape index (κ3) is 2.18. The van der Waals surface area contributed by atoms with Gasteiger partial charge in [-0.2, -0.15) is 0 Å². The van der Waals surface area contributed by atoms with Crippen molar-refractivity contribution < 1.29 is 4.39 Å². The molecule has 0 aromatic heterocycles. The highest BCUT2D eigenvalue weighted by molar-refractivity contribution is 9.09. The van der Waals surface area contributed by atoms with Crippen LogP contribution in [-0.4, -0.2) is 6.17 Å². The summed E-state index contributed by atoms with van der Waals surface area (Å²) in [6, 6.07) is 9.45. The van der Waals surface area contributed by atoms with Crippen LogP contribution in [0, 0.1) is 0 Å². The van der Waals surface area contributed by atoms with Crippen LogP contribution in [0.2, 0.25) is 0 Å². The van der Waals surface area contributed by atoms with E-state index in [4.69, 9.17) is 0 Å². The lowest BCUT2D eigenvalue weighted by Crippen LogP contribution is -2.03. The first-order valence-electron chi connectivity index (χ1n) is 3.71. The highest BCUT2D eigenvalue weighted by Crippen LogP contribution is 2.28. The third-order valence-corrected chi connectivity index (χ3v) is 2.66. The zero-order valence-electron chi connectivity index (χ0n) is 6.58. The largest absolute Gasteiger partial charge is 0.241 e. The van der Waals surface area contributed by atoms with Crippen molar-refractivity contribution in [2.45, 2.75) is 11.0 Å². The average Bonchev–Trinajstić information content (AvgIpc) is 2.17. The van der Waals surface area contributed by atoms with Crippen molar-refractivity contribution in [1.29, 1.82) is 0 Å². The molecule has 64 valence electrons. The molecular weight excluding hydrogens is 219 g/mol. The van der Waals surface area contributed by atoms with Crippen LogP contribution in [0.5, 0.6) is 0 Å². The van der Waals surface area contributed by atoms with Gasteiger partial charge in [-0.05, 0) is 5.56 Å². The normalized spacial score (nSPS) is 15.2. The molecule has 0 nitrogen and oxygen atoms in total. The molecule has 0 heterocycles. The predicted molar refractivity (Wildman–Crippen MR) is 53.2 cm³/mol. The molecule has 0 saturated heterocycles. The van der Waals surface area contributed by atoms with Crippen LogP contribution < -0.4 is 0 Å². The van der Waals surface area contributed by atoms with E-state index < -0.39 is 6.17 Å². The molecule has 1 rings (SSSR count). The highest BCUT2D eigenvalue weighted by Gasteiger charge is 2.15. The molecule has 0 amide bonds. The van der Waals surface area contributed by atoms with Gasteiger partial charge in [0.25, 0.3) is 0 Å². The lowest BCUT2D eigenvalue weighted by Gasteiger charge is -2.10. The fourth-order valence-electron chi connectivity index (χ4n) is 0.940. The molecule has 0 aliphatic heterocycles. The van der Waals surface area contributed by atoms with Gasteiger partial charge in [0.15, 0.2) is 0 Å². The Morgan fingerprint density at radius 1 is 1.33 bits per heavy atom. The monoisotopic (exact) mass is 228 g/mol. The van der Waals surface area contributed by atoms with E-state index >= 15 is 0 Å². The fraction of sp³-hybridized carbons (Fsp3) is 0.200. The minimum Gasteiger partial charge on any atom is -0.241 e. The van der Waals surface area contributed by atoms with Gasteiger partial charge in [-0.25, -0.2) is 4.39 Å². The standard InChI is InChI=1S/C10H10BrF/c1-2-9(12)10(11)8-6-4-3-5-7-8/h2-7,9-10H,1H2. The Labute approximate surface area is 80.2 Å². The number of hydrogen-bond donors (Lipinski definition) is 0. The molecule has 1 aromatic carbocycles. The molecule has 1 aromatic rings. The highest BCUT2D eigenvalue weighted by atomic mass is 79.9. The van der Waals surface area contributed by atoms with E-state index in [-0.39, 0.29) is 4.83 Å². The molecular formula is C10H10BrF. The summed E-state index contributed by atoms with van der Waals surface area (Å²) >= 11 is 3.27. The maximum absolute atomic E-state index is 13.0. The lowest BCUT2D eigenvalue weighted by atomic mass is 10.1. The van der Waals surface area contributed by atoms with Gasteiger partial charge >= 0.3 is 0 Å². The number of alkyl halides is 2.